The zero-order valence-corrected chi connectivity index (χ0v) is 10.8. The first-order chi connectivity index (χ1) is 9.11. The molecule has 1 aliphatic rings. The fraction of sp³-hybridized carbons (Fsp3) is 0.429. The highest BCUT2D eigenvalue weighted by Crippen LogP contribution is 2.19. The van der Waals surface area contributed by atoms with Gasteiger partial charge < -0.3 is 14.7 Å². The number of amides is 1. The number of carboxylic acid groups (broad SMARTS) is 1. The van der Waals surface area contributed by atoms with Crippen molar-refractivity contribution in [2.75, 3.05) is 20.2 Å². The van der Waals surface area contributed by atoms with Crippen LogP contribution in [0.1, 0.15) is 22.3 Å². The van der Waals surface area contributed by atoms with Gasteiger partial charge in [-0.05, 0) is 18.1 Å². The number of carbonyl (C=O) groups excluding carboxylic acids is 1. The van der Waals surface area contributed by atoms with Crippen molar-refractivity contribution in [2.45, 2.75) is 18.9 Å². The third-order valence-electron chi connectivity index (χ3n) is 3.35. The second-order valence-electron chi connectivity index (χ2n) is 4.61. The Hall–Kier alpha value is -1.88. The number of benzene rings is 1. The van der Waals surface area contributed by atoms with E-state index in [-0.39, 0.29) is 12.3 Å². The molecule has 1 aliphatic heterocycles. The number of nitrogens with zero attached hydrogens (tertiary/aromatic N) is 1. The Morgan fingerprint density at radius 3 is 2.89 bits per heavy atom. The zero-order chi connectivity index (χ0) is 13.8. The second-order valence-corrected chi connectivity index (χ2v) is 4.61. The number of ether oxygens (including phenoxy) is 1. The van der Waals surface area contributed by atoms with E-state index in [9.17, 15) is 9.59 Å². The van der Waals surface area contributed by atoms with Gasteiger partial charge in [0, 0.05) is 25.8 Å². The second kappa shape index (κ2) is 5.84. The lowest BCUT2D eigenvalue weighted by molar-refractivity contribution is -0.140. The van der Waals surface area contributed by atoms with Crippen molar-refractivity contribution in [2.24, 2.45) is 0 Å². The van der Waals surface area contributed by atoms with Crippen LogP contribution < -0.4 is 0 Å². The highest BCUT2D eigenvalue weighted by molar-refractivity contribution is 5.96. The molecule has 0 saturated carbocycles. The van der Waals surface area contributed by atoms with E-state index >= 15 is 0 Å². The average molecular weight is 263 g/mol. The standard InChI is InChI=1S/C14H17NO4/c1-19-11(8-13(16)17)9-15-7-6-10-4-2-3-5-12(10)14(15)18/h2-5,11H,6-9H2,1H3,(H,16,17). The van der Waals surface area contributed by atoms with Gasteiger partial charge in [-0.15, -0.1) is 0 Å². The van der Waals surface area contributed by atoms with Gasteiger partial charge in [0.1, 0.15) is 0 Å². The Balaban J connectivity index is 2.07. The molecule has 1 atom stereocenters. The molecule has 5 heteroatoms. The van der Waals surface area contributed by atoms with E-state index in [1.165, 1.54) is 7.11 Å². The van der Waals surface area contributed by atoms with Crippen LogP contribution in [0.2, 0.25) is 0 Å². The highest BCUT2D eigenvalue weighted by Gasteiger charge is 2.26. The lowest BCUT2D eigenvalue weighted by Crippen LogP contribution is -2.43. The van der Waals surface area contributed by atoms with Crippen LogP contribution >= 0.6 is 0 Å². The van der Waals surface area contributed by atoms with Crippen LogP contribution in [-0.2, 0) is 16.0 Å². The van der Waals surface area contributed by atoms with Crippen LogP contribution in [-0.4, -0.2) is 48.2 Å². The van der Waals surface area contributed by atoms with E-state index in [1.807, 2.05) is 24.3 Å². The predicted molar refractivity (Wildman–Crippen MR) is 69.1 cm³/mol. The van der Waals surface area contributed by atoms with Gasteiger partial charge in [-0.25, -0.2) is 0 Å². The van der Waals surface area contributed by atoms with Crippen molar-refractivity contribution in [1.29, 1.82) is 0 Å². The molecule has 1 aromatic carbocycles. The molecule has 102 valence electrons. The molecule has 1 unspecified atom stereocenters. The maximum atomic E-state index is 12.3. The first-order valence-electron chi connectivity index (χ1n) is 6.23. The molecule has 1 heterocycles. The van der Waals surface area contributed by atoms with Crippen molar-refractivity contribution in [3.05, 3.63) is 35.4 Å². The average Bonchev–Trinajstić information content (AvgIpc) is 2.40. The number of fused-ring (bicyclic) bond motifs is 1. The fourth-order valence-corrected chi connectivity index (χ4v) is 2.31. The van der Waals surface area contributed by atoms with Gasteiger partial charge in [0.25, 0.3) is 5.91 Å². The number of hydrogen-bond donors (Lipinski definition) is 1. The monoisotopic (exact) mass is 263 g/mol. The van der Waals surface area contributed by atoms with Crippen LogP contribution in [0.25, 0.3) is 0 Å². The molecule has 5 nitrogen and oxygen atoms in total. The van der Waals surface area contributed by atoms with Gasteiger partial charge in [-0.1, -0.05) is 18.2 Å². The molecule has 1 amide bonds. The minimum Gasteiger partial charge on any atom is -0.481 e. The van der Waals surface area contributed by atoms with Crippen LogP contribution in [0.4, 0.5) is 0 Å². The summed E-state index contributed by atoms with van der Waals surface area (Å²) in [4.78, 5) is 24.6. The number of hydrogen-bond acceptors (Lipinski definition) is 3. The maximum Gasteiger partial charge on any atom is 0.306 e. The normalized spacial score (nSPS) is 16.1. The highest BCUT2D eigenvalue weighted by atomic mass is 16.5. The van der Waals surface area contributed by atoms with E-state index in [0.29, 0.717) is 18.7 Å². The lowest BCUT2D eigenvalue weighted by atomic mass is 9.99. The van der Waals surface area contributed by atoms with Crippen LogP contribution in [0.3, 0.4) is 0 Å². The first kappa shape index (κ1) is 13.5. The van der Waals surface area contributed by atoms with Gasteiger partial charge in [-0.3, -0.25) is 9.59 Å². The number of rotatable bonds is 5. The summed E-state index contributed by atoms with van der Waals surface area (Å²) in [5.41, 5.74) is 1.76. The van der Waals surface area contributed by atoms with Gasteiger partial charge in [0.05, 0.1) is 12.5 Å². The van der Waals surface area contributed by atoms with Gasteiger partial charge >= 0.3 is 5.97 Å². The Morgan fingerprint density at radius 2 is 2.21 bits per heavy atom. The van der Waals surface area contributed by atoms with E-state index in [1.54, 1.807) is 4.90 Å². The zero-order valence-electron chi connectivity index (χ0n) is 10.8. The van der Waals surface area contributed by atoms with E-state index < -0.39 is 12.1 Å². The predicted octanol–water partition coefficient (Wildman–Crippen LogP) is 1.17. The summed E-state index contributed by atoms with van der Waals surface area (Å²) in [6.07, 6.45) is 0.236. The van der Waals surface area contributed by atoms with Crippen molar-refractivity contribution in [3.63, 3.8) is 0 Å². The van der Waals surface area contributed by atoms with Crippen LogP contribution in [0, 0.1) is 0 Å². The minimum atomic E-state index is -0.920. The summed E-state index contributed by atoms with van der Waals surface area (Å²) in [5.74, 6) is -0.967. The topological polar surface area (TPSA) is 66.8 Å². The number of aliphatic carboxylic acids is 1. The van der Waals surface area contributed by atoms with Crippen molar-refractivity contribution >= 4 is 11.9 Å². The summed E-state index contributed by atoms with van der Waals surface area (Å²) in [6, 6.07) is 7.52. The molecule has 0 fully saturated rings. The summed E-state index contributed by atoms with van der Waals surface area (Å²) < 4.78 is 5.13. The summed E-state index contributed by atoms with van der Waals surface area (Å²) >= 11 is 0. The molecule has 2 rings (SSSR count). The maximum absolute atomic E-state index is 12.3. The van der Waals surface area contributed by atoms with E-state index in [2.05, 4.69) is 0 Å². The number of methoxy groups -OCH3 is 1. The molecule has 0 radical (unpaired) electrons. The number of carboxylic acids is 1. The molecule has 1 N–H and O–H groups in total. The van der Waals surface area contributed by atoms with Gasteiger partial charge in [0.15, 0.2) is 0 Å². The SMILES string of the molecule is COC(CC(=O)O)CN1CCc2ccccc2C1=O. The lowest BCUT2D eigenvalue weighted by Gasteiger charge is -2.30. The summed E-state index contributed by atoms with van der Waals surface area (Å²) in [6.45, 7) is 0.922. The fourth-order valence-electron chi connectivity index (χ4n) is 2.31. The van der Waals surface area contributed by atoms with Gasteiger partial charge in [-0.2, -0.15) is 0 Å². The molecule has 0 bridgehead atoms. The largest absolute Gasteiger partial charge is 0.481 e. The van der Waals surface area contributed by atoms with Crippen molar-refractivity contribution in [3.8, 4) is 0 Å². The Morgan fingerprint density at radius 1 is 1.47 bits per heavy atom. The smallest absolute Gasteiger partial charge is 0.306 e. The van der Waals surface area contributed by atoms with E-state index in [4.69, 9.17) is 9.84 Å². The molecule has 0 spiro atoms. The van der Waals surface area contributed by atoms with Gasteiger partial charge in [0.2, 0.25) is 0 Å². The molecule has 0 aliphatic carbocycles. The summed E-state index contributed by atoms with van der Waals surface area (Å²) in [5, 5.41) is 8.78. The third-order valence-corrected chi connectivity index (χ3v) is 3.35. The molecule has 19 heavy (non-hydrogen) atoms. The van der Waals surface area contributed by atoms with Crippen LogP contribution in [0.5, 0.6) is 0 Å². The Labute approximate surface area is 111 Å². The summed E-state index contributed by atoms with van der Waals surface area (Å²) in [7, 11) is 1.47. The first-order valence-corrected chi connectivity index (χ1v) is 6.23. The minimum absolute atomic E-state index is 0.0470. The molecule has 0 saturated heterocycles. The Bertz CT molecular complexity index is 486. The molecule has 0 aromatic heterocycles. The number of carbonyl (C=O) groups is 2. The van der Waals surface area contributed by atoms with Crippen molar-refractivity contribution < 1.29 is 19.4 Å². The third kappa shape index (κ3) is 3.12. The molecular weight excluding hydrogens is 246 g/mol. The Kier molecular flexibility index (Phi) is 4.16. The molecule has 1 aromatic rings. The van der Waals surface area contributed by atoms with Crippen molar-refractivity contribution in [1.82, 2.24) is 4.90 Å². The quantitative estimate of drug-likeness (QED) is 0.866. The van der Waals surface area contributed by atoms with E-state index in [0.717, 1.165) is 12.0 Å². The van der Waals surface area contributed by atoms with Crippen LogP contribution in [0.15, 0.2) is 24.3 Å². The molecular formula is C14H17NO4.